The molecule has 3 heteroatoms. The van der Waals surface area contributed by atoms with Crippen molar-refractivity contribution >= 4 is 11.8 Å². The molecule has 1 aromatic rings. The fourth-order valence-corrected chi connectivity index (χ4v) is 1.73. The number of anilines is 1. The highest BCUT2D eigenvalue weighted by Crippen LogP contribution is 2.26. The minimum absolute atomic E-state index is 0.617. The Morgan fingerprint density at radius 3 is 2.92 bits per heavy atom. The molecule has 0 fully saturated rings. The molecule has 1 aliphatic rings. The third-order valence-electron chi connectivity index (χ3n) is 2.34. The second-order valence-corrected chi connectivity index (χ2v) is 3.17. The third kappa shape index (κ3) is 1.37. The number of amides is 1. The Hall–Kier alpha value is -1.51. The van der Waals surface area contributed by atoms with Gasteiger partial charge in [0.25, 0.3) is 0 Å². The number of benzene rings is 1. The zero-order valence-electron chi connectivity index (χ0n) is 7.23. The largest absolute Gasteiger partial charge is 0.465 e. The summed E-state index contributed by atoms with van der Waals surface area (Å²) in [6.45, 7) is 0.617. The molecule has 0 spiro atoms. The van der Waals surface area contributed by atoms with Crippen molar-refractivity contribution in [1.29, 1.82) is 0 Å². The summed E-state index contributed by atoms with van der Waals surface area (Å²) in [5.74, 6) is 0. The Balaban J connectivity index is 2.42. The molecule has 1 heterocycles. The van der Waals surface area contributed by atoms with E-state index < -0.39 is 6.09 Å². The number of hydrogen-bond donors (Lipinski definition) is 1. The number of carboxylic acid groups (broad SMARTS) is 1. The van der Waals surface area contributed by atoms with Crippen molar-refractivity contribution in [3.63, 3.8) is 0 Å². The molecule has 0 aromatic heterocycles. The van der Waals surface area contributed by atoms with E-state index in [0.717, 1.165) is 24.1 Å². The molecule has 1 aromatic carbocycles. The first kappa shape index (κ1) is 8.10. The van der Waals surface area contributed by atoms with Crippen LogP contribution >= 0.6 is 0 Å². The van der Waals surface area contributed by atoms with Gasteiger partial charge < -0.3 is 5.11 Å². The summed E-state index contributed by atoms with van der Waals surface area (Å²) in [5, 5.41) is 8.91. The second-order valence-electron chi connectivity index (χ2n) is 3.17. The molecule has 0 saturated heterocycles. The molecule has 1 aliphatic heterocycles. The first-order chi connectivity index (χ1) is 6.29. The fourth-order valence-electron chi connectivity index (χ4n) is 1.73. The summed E-state index contributed by atoms with van der Waals surface area (Å²) in [4.78, 5) is 12.3. The molecular weight excluding hydrogens is 166 g/mol. The van der Waals surface area contributed by atoms with Crippen molar-refractivity contribution in [2.45, 2.75) is 12.8 Å². The molecule has 3 nitrogen and oxygen atoms in total. The maximum Gasteiger partial charge on any atom is 0.411 e. The van der Waals surface area contributed by atoms with Gasteiger partial charge in [-0.05, 0) is 24.5 Å². The van der Waals surface area contributed by atoms with Gasteiger partial charge in [0.05, 0.1) is 5.69 Å². The van der Waals surface area contributed by atoms with Crippen LogP contribution in [0.5, 0.6) is 0 Å². The highest BCUT2D eigenvalue weighted by Gasteiger charge is 2.20. The molecule has 0 saturated carbocycles. The molecule has 1 amide bonds. The lowest BCUT2D eigenvalue weighted by Crippen LogP contribution is -2.33. The molecule has 0 bridgehead atoms. The van der Waals surface area contributed by atoms with E-state index in [4.69, 9.17) is 5.11 Å². The van der Waals surface area contributed by atoms with Crippen LogP contribution in [0.15, 0.2) is 24.3 Å². The number of carbonyl (C=O) groups is 1. The number of hydrogen-bond acceptors (Lipinski definition) is 1. The number of para-hydroxylation sites is 1. The zero-order valence-corrected chi connectivity index (χ0v) is 7.23. The van der Waals surface area contributed by atoms with Gasteiger partial charge in [0.1, 0.15) is 0 Å². The summed E-state index contributed by atoms with van der Waals surface area (Å²) < 4.78 is 0. The lowest BCUT2D eigenvalue weighted by molar-refractivity contribution is 0.201. The Kier molecular flexibility index (Phi) is 1.93. The lowest BCUT2D eigenvalue weighted by atomic mass is 10.0. The smallest absolute Gasteiger partial charge is 0.411 e. The van der Waals surface area contributed by atoms with Crippen LogP contribution in [0.1, 0.15) is 12.0 Å². The maximum atomic E-state index is 10.8. The van der Waals surface area contributed by atoms with Gasteiger partial charge in [-0.25, -0.2) is 4.79 Å². The summed E-state index contributed by atoms with van der Waals surface area (Å²) in [5.41, 5.74) is 1.98. The van der Waals surface area contributed by atoms with Gasteiger partial charge in [-0.1, -0.05) is 18.2 Å². The monoisotopic (exact) mass is 177 g/mol. The minimum Gasteiger partial charge on any atom is -0.465 e. The Bertz CT molecular complexity index is 335. The molecule has 1 N–H and O–H groups in total. The van der Waals surface area contributed by atoms with Crippen LogP contribution in [0.4, 0.5) is 10.5 Å². The topological polar surface area (TPSA) is 40.5 Å². The molecule has 0 unspecified atom stereocenters. The SMILES string of the molecule is O=C(O)N1CCCc2ccccc21. The van der Waals surface area contributed by atoms with Crippen molar-refractivity contribution in [2.75, 3.05) is 11.4 Å². The van der Waals surface area contributed by atoms with Gasteiger partial charge in [0.15, 0.2) is 0 Å². The predicted molar refractivity (Wildman–Crippen MR) is 50.1 cm³/mol. The predicted octanol–water partition coefficient (Wildman–Crippen LogP) is 2.12. The standard InChI is InChI=1S/C10H11NO2/c12-10(13)11-7-3-5-8-4-1-2-6-9(8)11/h1-2,4,6H,3,5,7H2,(H,12,13). The minimum atomic E-state index is -0.854. The van der Waals surface area contributed by atoms with E-state index in [0.29, 0.717) is 6.54 Å². The van der Waals surface area contributed by atoms with Crippen molar-refractivity contribution in [2.24, 2.45) is 0 Å². The molecule has 13 heavy (non-hydrogen) atoms. The van der Waals surface area contributed by atoms with E-state index in [9.17, 15) is 4.79 Å². The summed E-state index contributed by atoms with van der Waals surface area (Å²) >= 11 is 0. The van der Waals surface area contributed by atoms with E-state index in [-0.39, 0.29) is 0 Å². The van der Waals surface area contributed by atoms with Crippen molar-refractivity contribution in [3.8, 4) is 0 Å². The molecule has 0 atom stereocenters. The quantitative estimate of drug-likeness (QED) is 0.659. The molecule has 68 valence electrons. The number of fused-ring (bicyclic) bond motifs is 1. The van der Waals surface area contributed by atoms with Crippen molar-refractivity contribution in [1.82, 2.24) is 0 Å². The van der Waals surface area contributed by atoms with Gasteiger partial charge in [-0.15, -0.1) is 0 Å². The first-order valence-electron chi connectivity index (χ1n) is 4.37. The van der Waals surface area contributed by atoms with Crippen LogP contribution in [0, 0.1) is 0 Å². The van der Waals surface area contributed by atoms with E-state index in [1.165, 1.54) is 4.90 Å². The molecule has 2 rings (SSSR count). The number of nitrogens with zero attached hydrogens (tertiary/aromatic N) is 1. The molecule has 0 aliphatic carbocycles. The Morgan fingerprint density at radius 2 is 2.15 bits per heavy atom. The van der Waals surface area contributed by atoms with Crippen LogP contribution in [-0.4, -0.2) is 17.7 Å². The fraction of sp³-hybridized carbons (Fsp3) is 0.300. The summed E-state index contributed by atoms with van der Waals surface area (Å²) in [6, 6.07) is 7.68. The van der Waals surface area contributed by atoms with Crippen molar-refractivity contribution < 1.29 is 9.90 Å². The van der Waals surface area contributed by atoms with Gasteiger partial charge in [0, 0.05) is 6.54 Å². The van der Waals surface area contributed by atoms with Crippen LogP contribution in [-0.2, 0) is 6.42 Å². The van der Waals surface area contributed by atoms with Crippen LogP contribution < -0.4 is 4.90 Å². The second kappa shape index (κ2) is 3.09. The normalized spacial score (nSPS) is 15.2. The Labute approximate surface area is 76.6 Å². The first-order valence-corrected chi connectivity index (χ1v) is 4.37. The summed E-state index contributed by atoms with van der Waals surface area (Å²) in [7, 11) is 0. The van der Waals surface area contributed by atoms with E-state index in [2.05, 4.69) is 0 Å². The highest BCUT2D eigenvalue weighted by atomic mass is 16.4. The number of rotatable bonds is 0. The third-order valence-corrected chi connectivity index (χ3v) is 2.34. The van der Waals surface area contributed by atoms with E-state index >= 15 is 0 Å². The molecular formula is C10H11NO2. The van der Waals surface area contributed by atoms with E-state index in [1.54, 1.807) is 0 Å². The van der Waals surface area contributed by atoms with Crippen LogP contribution in [0.2, 0.25) is 0 Å². The maximum absolute atomic E-state index is 10.8. The molecule has 0 radical (unpaired) electrons. The van der Waals surface area contributed by atoms with Crippen LogP contribution in [0.3, 0.4) is 0 Å². The highest BCUT2D eigenvalue weighted by molar-refractivity contribution is 5.87. The van der Waals surface area contributed by atoms with Gasteiger partial charge >= 0.3 is 6.09 Å². The van der Waals surface area contributed by atoms with E-state index in [1.807, 2.05) is 24.3 Å². The van der Waals surface area contributed by atoms with Gasteiger partial charge in [-0.2, -0.15) is 0 Å². The lowest BCUT2D eigenvalue weighted by Gasteiger charge is -2.26. The van der Waals surface area contributed by atoms with Crippen molar-refractivity contribution in [3.05, 3.63) is 29.8 Å². The van der Waals surface area contributed by atoms with Crippen LogP contribution in [0.25, 0.3) is 0 Å². The Morgan fingerprint density at radius 1 is 1.38 bits per heavy atom. The van der Waals surface area contributed by atoms with Gasteiger partial charge in [0.2, 0.25) is 0 Å². The average molecular weight is 177 g/mol. The summed E-state index contributed by atoms with van der Waals surface area (Å²) in [6.07, 6.45) is 1.05. The van der Waals surface area contributed by atoms with Gasteiger partial charge in [-0.3, -0.25) is 4.90 Å². The zero-order chi connectivity index (χ0) is 9.26. The average Bonchev–Trinajstić information content (AvgIpc) is 2.17. The number of aryl methyl sites for hydroxylation is 1.